The molecular formula is C15H22FN. The van der Waals surface area contributed by atoms with Crippen LogP contribution in [0.5, 0.6) is 0 Å². The van der Waals surface area contributed by atoms with Gasteiger partial charge in [0, 0.05) is 5.54 Å². The molecule has 1 saturated carbocycles. The fourth-order valence-electron chi connectivity index (χ4n) is 3.49. The van der Waals surface area contributed by atoms with Gasteiger partial charge in [0.05, 0.1) is 0 Å². The zero-order chi connectivity index (χ0) is 12.5. The summed E-state index contributed by atoms with van der Waals surface area (Å²) in [6.45, 7) is 4.50. The highest BCUT2D eigenvalue weighted by Gasteiger charge is 2.34. The molecular weight excluding hydrogens is 213 g/mol. The zero-order valence-electron chi connectivity index (χ0n) is 10.7. The van der Waals surface area contributed by atoms with Crippen molar-refractivity contribution in [3.05, 3.63) is 35.6 Å². The predicted molar refractivity (Wildman–Crippen MR) is 69.2 cm³/mol. The Morgan fingerprint density at radius 3 is 2.41 bits per heavy atom. The molecule has 0 radical (unpaired) electrons. The molecule has 94 valence electrons. The summed E-state index contributed by atoms with van der Waals surface area (Å²) in [4.78, 5) is 0. The van der Waals surface area contributed by atoms with E-state index < -0.39 is 0 Å². The van der Waals surface area contributed by atoms with Crippen molar-refractivity contribution in [1.82, 2.24) is 0 Å². The van der Waals surface area contributed by atoms with Gasteiger partial charge in [0.25, 0.3) is 0 Å². The molecule has 2 N–H and O–H groups in total. The van der Waals surface area contributed by atoms with Crippen molar-refractivity contribution in [2.75, 3.05) is 0 Å². The van der Waals surface area contributed by atoms with E-state index in [4.69, 9.17) is 5.73 Å². The van der Waals surface area contributed by atoms with E-state index in [1.165, 1.54) is 12.5 Å². The topological polar surface area (TPSA) is 26.0 Å². The Labute approximate surface area is 103 Å². The van der Waals surface area contributed by atoms with Gasteiger partial charge in [0.15, 0.2) is 0 Å². The van der Waals surface area contributed by atoms with Gasteiger partial charge in [-0.15, -0.1) is 0 Å². The van der Waals surface area contributed by atoms with Crippen LogP contribution in [-0.2, 0) is 6.42 Å². The molecule has 0 spiro atoms. The Kier molecular flexibility index (Phi) is 3.53. The molecule has 0 bridgehead atoms. The molecule has 2 rings (SSSR count). The highest BCUT2D eigenvalue weighted by atomic mass is 19.1. The summed E-state index contributed by atoms with van der Waals surface area (Å²) in [7, 11) is 0. The van der Waals surface area contributed by atoms with Gasteiger partial charge >= 0.3 is 0 Å². The fraction of sp³-hybridized carbons (Fsp3) is 0.600. The second kappa shape index (κ2) is 4.77. The van der Waals surface area contributed by atoms with E-state index in [0.717, 1.165) is 18.4 Å². The Balaban J connectivity index is 2.14. The molecule has 0 heterocycles. The normalized spacial score (nSPS) is 33.6. The van der Waals surface area contributed by atoms with Crippen LogP contribution in [0.25, 0.3) is 0 Å². The molecule has 0 aromatic heterocycles. The molecule has 2 heteroatoms. The molecule has 0 aliphatic heterocycles. The van der Waals surface area contributed by atoms with Crippen LogP contribution in [0.4, 0.5) is 4.39 Å². The van der Waals surface area contributed by atoms with Crippen molar-refractivity contribution < 1.29 is 4.39 Å². The van der Waals surface area contributed by atoms with Crippen LogP contribution in [0.15, 0.2) is 24.3 Å². The Morgan fingerprint density at radius 2 is 1.82 bits per heavy atom. The molecule has 1 aromatic carbocycles. The lowest BCUT2D eigenvalue weighted by molar-refractivity contribution is 0.181. The first-order valence-corrected chi connectivity index (χ1v) is 6.51. The van der Waals surface area contributed by atoms with Crippen LogP contribution >= 0.6 is 0 Å². The Morgan fingerprint density at radius 1 is 1.24 bits per heavy atom. The van der Waals surface area contributed by atoms with E-state index in [9.17, 15) is 4.39 Å². The van der Waals surface area contributed by atoms with E-state index in [1.54, 1.807) is 6.07 Å². The molecule has 1 fully saturated rings. The minimum atomic E-state index is -0.223. The summed E-state index contributed by atoms with van der Waals surface area (Å²) in [5, 5.41) is 0. The molecule has 0 saturated heterocycles. The number of hydrogen-bond acceptors (Lipinski definition) is 1. The van der Waals surface area contributed by atoms with E-state index in [0.29, 0.717) is 18.3 Å². The second-order valence-corrected chi connectivity index (χ2v) is 5.98. The summed E-state index contributed by atoms with van der Waals surface area (Å²) in [5.74, 6) is 1.18. The van der Waals surface area contributed by atoms with Crippen molar-refractivity contribution in [3.63, 3.8) is 0 Å². The van der Waals surface area contributed by atoms with Gasteiger partial charge in [0.2, 0.25) is 0 Å². The minimum absolute atomic E-state index is 0.122. The van der Waals surface area contributed by atoms with Crippen molar-refractivity contribution in [1.29, 1.82) is 0 Å². The van der Waals surface area contributed by atoms with Crippen LogP contribution in [-0.4, -0.2) is 5.54 Å². The summed E-state index contributed by atoms with van der Waals surface area (Å²) < 4.78 is 13.7. The second-order valence-electron chi connectivity index (χ2n) is 5.98. The third-order valence-corrected chi connectivity index (χ3v) is 3.82. The lowest BCUT2D eigenvalue weighted by Crippen LogP contribution is -2.48. The maximum Gasteiger partial charge on any atom is 0.126 e. The molecule has 2 unspecified atom stereocenters. The number of halogens is 1. The summed E-state index contributed by atoms with van der Waals surface area (Å²) in [6, 6.07) is 6.99. The molecule has 2 atom stereocenters. The van der Waals surface area contributed by atoms with Crippen LogP contribution in [0.3, 0.4) is 0 Å². The number of hydrogen-bond donors (Lipinski definition) is 1. The quantitative estimate of drug-likeness (QED) is 0.834. The molecule has 0 amide bonds. The largest absolute Gasteiger partial charge is 0.325 e. The van der Waals surface area contributed by atoms with Crippen molar-refractivity contribution in [2.24, 2.45) is 17.6 Å². The van der Waals surface area contributed by atoms with E-state index in [1.807, 2.05) is 12.1 Å². The van der Waals surface area contributed by atoms with E-state index >= 15 is 0 Å². The molecule has 1 aliphatic carbocycles. The van der Waals surface area contributed by atoms with Gasteiger partial charge in [-0.2, -0.15) is 0 Å². The fourth-order valence-corrected chi connectivity index (χ4v) is 3.49. The number of nitrogens with two attached hydrogens (primary N) is 1. The maximum atomic E-state index is 13.7. The average Bonchev–Trinajstić information content (AvgIpc) is 2.19. The Bertz CT molecular complexity index is 378. The molecule has 1 nitrogen and oxygen atoms in total. The first-order valence-electron chi connectivity index (χ1n) is 6.51. The SMILES string of the molecule is CC1CC(C)CC(N)(Cc2ccccc2F)C1. The van der Waals surface area contributed by atoms with E-state index in [-0.39, 0.29) is 11.4 Å². The third-order valence-electron chi connectivity index (χ3n) is 3.82. The van der Waals surface area contributed by atoms with Gasteiger partial charge in [-0.1, -0.05) is 32.0 Å². The zero-order valence-corrected chi connectivity index (χ0v) is 10.7. The first-order chi connectivity index (χ1) is 7.98. The predicted octanol–water partition coefficient (Wildman–Crippen LogP) is 3.52. The van der Waals surface area contributed by atoms with Crippen LogP contribution in [0.1, 0.15) is 38.7 Å². The highest BCUT2D eigenvalue weighted by Crippen LogP contribution is 2.36. The highest BCUT2D eigenvalue weighted by molar-refractivity contribution is 5.20. The lowest BCUT2D eigenvalue weighted by atomic mass is 9.70. The molecule has 1 aliphatic rings. The number of benzene rings is 1. The van der Waals surface area contributed by atoms with Gasteiger partial charge in [-0.3, -0.25) is 0 Å². The summed E-state index contributed by atoms with van der Waals surface area (Å²) >= 11 is 0. The van der Waals surface area contributed by atoms with Crippen molar-refractivity contribution in [2.45, 2.75) is 45.1 Å². The van der Waals surface area contributed by atoms with Crippen molar-refractivity contribution in [3.8, 4) is 0 Å². The molecule has 17 heavy (non-hydrogen) atoms. The van der Waals surface area contributed by atoms with Gasteiger partial charge in [-0.05, 0) is 49.1 Å². The van der Waals surface area contributed by atoms with Crippen LogP contribution < -0.4 is 5.73 Å². The lowest BCUT2D eigenvalue weighted by Gasteiger charge is -2.40. The van der Waals surface area contributed by atoms with Gasteiger partial charge < -0.3 is 5.73 Å². The van der Waals surface area contributed by atoms with Gasteiger partial charge in [0.1, 0.15) is 5.82 Å². The van der Waals surface area contributed by atoms with Crippen LogP contribution in [0, 0.1) is 17.7 Å². The smallest absolute Gasteiger partial charge is 0.126 e. The Hall–Kier alpha value is -0.890. The van der Waals surface area contributed by atoms with Crippen molar-refractivity contribution >= 4 is 0 Å². The van der Waals surface area contributed by atoms with E-state index in [2.05, 4.69) is 13.8 Å². The minimum Gasteiger partial charge on any atom is -0.325 e. The third kappa shape index (κ3) is 3.06. The van der Waals surface area contributed by atoms with Gasteiger partial charge in [-0.25, -0.2) is 4.39 Å². The molecule has 1 aromatic rings. The monoisotopic (exact) mass is 235 g/mol. The summed E-state index contributed by atoms with van der Waals surface area (Å²) in [6.07, 6.45) is 3.92. The number of rotatable bonds is 2. The first kappa shape index (κ1) is 12.6. The standard InChI is InChI=1S/C15H22FN/c1-11-7-12(2)9-15(17,8-11)10-13-5-3-4-6-14(13)16/h3-6,11-12H,7-10,17H2,1-2H3. The summed E-state index contributed by atoms with van der Waals surface area (Å²) in [5.41, 5.74) is 7.01. The average molecular weight is 235 g/mol. The maximum absolute atomic E-state index is 13.7. The van der Waals surface area contributed by atoms with Crippen LogP contribution in [0.2, 0.25) is 0 Å².